The Balaban J connectivity index is 1.80. The maximum atomic E-state index is 13.1. The topological polar surface area (TPSA) is 76.1 Å². The quantitative estimate of drug-likeness (QED) is 0.428. The third kappa shape index (κ3) is 3.75. The fourth-order valence-electron chi connectivity index (χ4n) is 4.07. The number of ether oxygens (including phenoxy) is 2. The number of ketones is 1. The molecule has 4 rings (SSSR count). The number of hydrogen-bond acceptors (Lipinski definition) is 6. The van der Waals surface area contributed by atoms with Gasteiger partial charge in [-0.15, -0.1) is 11.3 Å². The smallest absolute Gasteiger partial charge is 0.295 e. The fraction of sp³-hybridized carbons (Fsp3) is 0.391. The Morgan fingerprint density at radius 2 is 2.17 bits per heavy atom. The van der Waals surface area contributed by atoms with Crippen LogP contribution in [-0.4, -0.2) is 47.6 Å². The monoisotopic (exact) mass is 427 g/mol. The minimum absolute atomic E-state index is 0.0905. The molecule has 0 spiro atoms. The van der Waals surface area contributed by atoms with Crippen molar-refractivity contribution in [2.24, 2.45) is 0 Å². The molecule has 1 aromatic heterocycles. The summed E-state index contributed by atoms with van der Waals surface area (Å²) in [6, 6.07) is 8.28. The van der Waals surface area contributed by atoms with Crippen LogP contribution in [0.3, 0.4) is 0 Å². The molecule has 1 aromatic carbocycles. The molecule has 158 valence electrons. The third-order valence-electron chi connectivity index (χ3n) is 5.53. The Morgan fingerprint density at radius 3 is 2.83 bits per heavy atom. The first-order valence-electron chi connectivity index (χ1n) is 10.2. The molecule has 1 N–H and O–H groups in total. The van der Waals surface area contributed by atoms with Crippen molar-refractivity contribution < 1.29 is 24.2 Å². The number of amides is 1. The minimum atomic E-state index is -0.662. The molecule has 2 saturated heterocycles. The van der Waals surface area contributed by atoms with Crippen molar-refractivity contribution in [2.45, 2.75) is 38.8 Å². The zero-order valence-electron chi connectivity index (χ0n) is 17.1. The number of carbonyl (C=O) groups excluding carboxylic acids is 2. The summed E-state index contributed by atoms with van der Waals surface area (Å²) in [5.74, 6) is -0.836. The Kier molecular flexibility index (Phi) is 5.92. The average molecular weight is 428 g/mol. The van der Waals surface area contributed by atoms with E-state index in [1.807, 2.05) is 25.3 Å². The van der Waals surface area contributed by atoms with Gasteiger partial charge in [-0.1, -0.05) is 12.1 Å². The van der Waals surface area contributed by atoms with Gasteiger partial charge in [0.15, 0.2) is 0 Å². The number of Topliss-reactive ketones (excluding diaryl/α,β-unsaturated/α-hetero) is 1. The van der Waals surface area contributed by atoms with Crippen LogP contribution in [0, 0.1) is 6.92 Å². The van der Waals surface area contributed by atoms with Gasteiger partial charge in [-0.2, -0.15) is 0 Å². The van der Waals surface area contributed by atoms with E-state index in [2.05, 4.69) is 0 Å². The maximum Gasteiger partial charge on any atom is 0.295 e. The second kappa shape index (κ2) is 8.62. The Bertz CT molecular complexity index is 989. The van der Waals surface area contributed by atoms with Crippen molar-refractivity contribution in [3.8, 4) is 5.75 Å². The lowest BCUT2D eigenvalue weighted by Gasteiger charge is -2.27. The normalized spacial score (nSPS) is 23.3. The molecule has 2 aromatic rings. The van der Waals surface area contributed by atoms with E-state index in [4.69, 9.17) is 9.47 Å². The molecule has 6 nitrogen and oxygen atoms in total. The SMILES string of the molecule is CCOc1cccc(/C(O)=C2/C(=O)C(=O)N(CC3CCCO3)C2c2sccc2C)c1. The van der Waals surface area contributed by atoms with E-state index in [1.165, 1.54) is 11.3 Å². The molecular weight excluding hydrogens is 402 g/mol. The highest BCUT2D eigenvalue weighted by molar-refractivity contribution is 7.10. The highest BCUT2D eigenvalue weighted by Crippen LogP contribution is 2.43. The molecule has 2 atom stereocenters. The Morgan fingerprint density at radius 1 is 1.33 bits per heavy atom. The van der Waals surface area contributed by atoms with E-state index in [1.54, 1.807) is 29.2 Å². The van der Waals surface area contributed by atoms with Gasteiger partial charge in [-0.05, 0) is 55.8 Å². The zero-order chi connectivity index (χ0) is 21.3. The molecule has 0 saturated carbocycles. The first-order valence-corrected chi connectivity index (χ1v) is 11.1. The van der Waals surface area contributed by atoms with Gasteiger partial charge in [0.1, 0.15) is 11.5 Å². The highest BCUT2D eigenvalue weighted by atomic mass is 32.1. The number of likely N-dealkylation sites (tertiary alicyclic amines) is 1. The van der Waals surface area contributed by atoms with Gasteiger partial charge in [-0.3, -0.25) is 9.59 Å². The molecule has 2 fully saturated rings. The molecule has 7 heteroatoms. The summed E-state index contributed by atoms with van der Waals surface area (Å²) in [7, 11) is 0. The molecule has 0 radical (unpaired) electrons. The van der Waals surface area contributed by atoms with Crippen LogP contribution in [0.15, 0.2) is 41.3 Å². The van der Waals surface area contributed by atoms with Crippen LogP contribution in [-0.2, 0) is 14.3 Å². The van der Waals surface area contributed by atoms with Crippen LogP contribution in [0.25, 0.3) is 5.76 Å². The molecule has 2 aliphatic rings. The van der Waals surface area contributed by atoms with Gasteiger partial charge in [0.05, 0.1) is 24.3 Å². The van der Waals surface area contributed by atoms with Crippen LogP contribution >= 0.6 is 11.3 Å². The molecule has 0 aliphatic carbocycles. The Hall–Kier alpha value is -2.64. The molecule has 0 bridgehead atoms. The lowest BCUT2D eigenvalue weighted by Crippen LogP contribution is -2.36. The molecule has 3 heterocycles. The zero-order valence-corrected chi connectivity index (χ0v) is 17.9. The number of rotatable bonds is 6. The maximum absolute atomic E-state index is 13.1. The summed E-state index contributed by atoms with van der Waals surface area (Å²) in [5.41, 5.74) is 1.56. The number of aryl methyl sites for hydroxylation is 1. The predicted octanol–water partition coefficient (Wildman–Crippen LogP) is 4.06. The average Bonchev–Trinajstić information content (AvgIpc) is 3.45. The standard InChI is InChI=1S/C23H25NO5S/c1-3-28-16-7-4-6-15(12-16)20(25)18-19(22-14(2)9-11-30-22)24(23(27)21(18)26)13-17-8-5-10-29-17/h4,6-7,9,11-12,17,19,25H,3,5,8,10,13H2,1-2H3/b20-18-. The second-order valence-corrected chi connectivity index (χ2v) is 8.46. The van der Waals surface area contributed by atoms with Crippen LogP contribution < -0.4 is 4.74 Å². The summed E-state index contributed by atoms with van der Waals surface area (Å²) in [5, 5.41) is 13.1. The fourth-order valence-corrected chi connectivity index (χ4v) is 5.12. The van der Waals surface area contributed by atoms with Gasteiger partial charge in [-0.25, -0.2) is 0 Å². The van der Waals surface area contributed by atoms with Gasteiger partial charge in [0.25, 0.3) is 11.7 Å². The van der Waals surface area contributed by atoms with Crippen molar-refractivity contribution in [3.05, 3.63) is 57.3 Å². The lowest BCUT2D eigenvalue weighted by atomic mass is 9.98. The number of aliphatic hydroxyl groups is 1. The van der Waals surface area contributed by atoms with Gasteiger partial charge < -0.3 is 19.5 Å². The summed E-state index contributed by atoms with van der Waals surface area (Å²) in [6.07, 6.45) is 1.71. The largest absolute Gasteiger partial charge is 0.507 e. The molecule has 30 heavy (non-hydrogen) atoms. The first-order chi connectivity index (χ1) is 14.5. The summed E-state index contributed by atoms with van der Waals surface area (Å²) >= 11 is 1.48. The van der Waals surface area contributed by atoms with Crippen molar-refractivity contribution >= 4 is 28.8 Å². The van der Waals surface area contributed by atoms with Gasteiger partial charge >= 0.3 is 0 Å². The van der Waals surface area contributed by atoms with Gasteiger partial charge in [0, 0.05) is 23.6 Å². The summed E-state index contributed by atoms with van der Waals surface area (Å²) < 4.78 is 11.2. The molecule has 2 unspecified atom stereocenters. The molecule has 2 aliphatic heterocycles. The third-order valence-corrected chi connectivity index (χ3v) is 6.60. The van der Waals surface area contributed by atoms with Gasteiger partial charge in [0.2, 0.25) is 0 Å². The van der Waals surface area contributed by atoms with Crippen LogP contribution in [0.2, 0.25) is 0 Å². The first kappa shape index (κ1) is 20.6. The van der Waals surface area contributed by atoms with Crippen LogP contribution in [0.5, 0.6) is 5.75 Å². The number of aliphatic hydroxyl groups excluding tert-OH is 1. The summed E-state index contributed by atoms with van der Waals surface area (Å²) in [6.45, 7) is 5.32. The van der Waals surface area contributed by atoms with E-state index in [9.17, 15) is 14.7 Å². The molecular formula is C23H25NO5S. The van der Waals surface area contributed by atoms with Crippen molar-refractivity contribution in [1.29, 1.82) is 0 Å². The minimum Gasteiger partial charge on any atom is -0.507 e. The van der Waals surface area contributed by atoms with E-state index in [-0.39, 0.29) is 17.4 Å². The van der Waals surface area contributed by atoms with Crippen molar-refractivity contribution in [3.63, 3.8) is 0 Å². The van der Waals surface area contributed by atoms with E-state index in [0.717, 1.165) is 23.3 Å². The highest BCUT2D eigenvalue weighted by Gasteiger charge is 2.47. The predicted molar refractivity (Wildman–Crippen MR) is 115 cm³/mol. The van der Waals surface area contributed by atoms with E-state index >= 15 is 0 Å². The number of carbonyl (C=O) groups is 2. The van der Waals surface area contributed by atoms with E-state index < -0.39 is 17.7 Å². The van der Waals surface area contributed by atoms with Crippen LogP contribution in [0.4, 0.5) is 0 Å². The van der Waals surface area contributed by atoms with Crippen molar-refractivity contribution in [2.75, 3.05) is 19.8 Å². The number of thiophene rings is 1. The Labute approximate surface area is 179 Å². The van der Waals surface area contributed by atoms with E-state index in [0.29, 0.717) is 31.1 Å². The molecule has 1 amide bonds. The summed E-state index contributed by atoms with van der Waals surface area (Å²) in [4.78, 5) is 28.5. The number of hydrogen-bond donors (Lipinski definition) is 1. The van der Waals surface area contributed by atoms with Crippen LogP contribution in [0.1, 0.15) is 41.8 Å². The lowest BCUT2D eigenvalue weighted by molar-refractivity contribution is -0.140. The number of benzene rings is 1. The number of nitrogens with zero attached hydrogens (tertiary/aromatic N) is 1. The van der Waals surface area contributed by atoms with Crippen molar-refractivity contribution in [1.82, 2.24) is 4.90 Å². The second-order valence-electron chi connectivity index (χ2n) is 7.52.